The summed E-state index contributed by atoms with van der Waals surface area (Å²) in [5.41, 5.74) is 4.08. The number of furan rings is 1. The van der Waals surface area contributed by atoms with Crippen molar-refractivity contribution in [2.24, 2.45) is 0 Å². The van der Waals surface area contributed by atoms with Crippen molar-refractivity contribution in [1.29, 1.82) is 0 Å². The van der Waals surface area contributed by atoms with Gasteiger partial charge in [-0.2, -0.15) is 0 Å². The summed E-state index contributed by atoms with van der Waals surface area (Å²) in [5.74, 6) is -0.569. The maximum absolute atomic E-state index is 13.8. The van der Waals surface area contributed by atoms with Crippen LogP contribution in [0.5, 0.6) is 0 Å². The zero-order valence-corrected chi connectivity index (χ0v) is 21.1. The zero-order valence-electron chi connectivity index (χ0n) is 21.1. The topological polar surface area (TPSA) is 129 Å². The number of nitrogens with one attached hydrogen (secondary N) is 1. The smallest absolute Gasteiger partial charge is 0.335 e. The van der Waals surface area contributed by atoms with Crippen molar-refractivity contribution in [2.75, 3.05) is 36.4 Å². The predicted octanol–water partition coefficient (Wildman–Crippen LogP) is 5.04. The number of aromatic nitrogens is 1. The molecule has 0 atom stereocenters. The fourth-order valence-corrected chi connectivity index (χ4v) is 5.47. The summed E-state index contributed by atoms with van der Waals surface area (Å²) in [7, 11) is 0. The van der Waals surface area contributed by atoms with Gasteiger partial charge in [-0.3, -0.25) is 9.59 Å². The number of hydrogen-bond acceptors (Lipinski definition) is 8. The van der Waals surface area contributed by atoms with Crippen molar-refractivity contribution < 1.29 is 28.4 Å². The van der Waals surface area contributed by atoms with E-state index in [1.165, 1.54) is 18.4 Å². The first kappa shape index (κ1) is 23.7. The lowest BCUT2D eigenvalue weighted by Crippen LogP contribution is -2.48. The number of carbonyl (C=O) groups is 3. The lowest BCUT2D eigenvalue weighted by molar-refractivity contribution is 0.0693. The van der Waals surface area contributed by atoms with E-state index in [0.29, 0.717) is 76.7 Å². The largest absolute Gasteiger partial charge is 0.478 e. The molecule has 40 heavy (non-hydrogen) atoms. The number of benzene rings is 3. The van der Waals surface area contributed by atoms with E-state index in [1.54, 1.807) is 41.3 Å². The molecule has 5 aromatic rings. The van der Waals surface area contributed by atoms with Crippen LogP contribution in [0.25, 0.3) is 22.2 Å². The molecule has 3 heterocycles. The van der Waals surface area contributed by atoms with Gasteiger partial charge in [-0.05, 0) is 36.4 Å². The van der Waals surface area contributed by atoms with Gasteiger partial charge in [0.1, 0.15) is 5.52 Å². The molecule has 2 aromatic heterocycles. The van der Waals surface area contributed by atoms with Crippen LogP contribution < -0.4 is 10.2 Å². The van der Waals surface area contributed by atoms with Gasteiger partial charge in [-0.1, -0.05) is 35.5 Å². The van der Waals surface area contributed by atoms with E-state index in [1.807, 2.05) is 18.2 Å². The van der Waals surface area contributed by atoms with Crippen LogP contribution in [-0.2, 0) is 0 Å². The molecule has 0 radical (unpaired) electrons. The van der Waals surface area contributed by atoms with Crippen LogP contribution in [0.4, 0.5) is 17.1 Å². The van der Waals surface area contributed by atoms with Crippen LogP contribution in [0.2, 0.25) is 0 Å². The molecule has 1 amide bonds. The summed E-state index contributed by atoms with van der Waals surface area (Å²) >= 11 is 0. The molecular weight excluding hydrogens is 512 g/mol. The Bertz CT molecular complexity index is 1820. The zero-order chi connectivity index (χ0) is 27.4. The maximum atomic E-state index is 13.8. The first-order valence-electron chi connectivity index (χ1n) is 12.8. The highest BCUT2D eigenvalue weighted by atomic mass is 16.5. The number of carbonyl (C=O) groups excluding carboxylic acids is 2. The fraction of sp³-hybridized carbons (Fsp3) is 0.133. The van der Waals surface area contributed by atoms with Crippen LogP contribution in [-0.4, -0.2) is 59.0 Å². The number of carboxylic acids is 1. The highest BCUT2D eigenvalue weighted by molar-refractivity contribution is 6.28. The summed E-state index contributed by atoms with van der Waals surface area (Å²) < 4.78 is 11.1. The molecule has 3 aromatic carbocycles. The number of rotatable bonds is 5. The average molecular weight is 535 g/mol. The number of nitrogens with zero attached hydrogens (tertiary/aromatic N) is 3. The SMILES string of the molecule is O=C(O)c1cccc(Nc2cc(N3CCN(C(=O)c4ccco4)CC3)c3noc4c3c2C(=O)c2ccccc2-4)c1. The molecule has 10 nitrogen and oxygen atoms in total. The normalized spacial score (nSPS) is 14.3. The molecule has 7 rings (SSSR count). The van der Waals surface area contributed by atoms with E-state index in [-0.39, 0.29) is 17.3 Å². The second-order valence-electron chi connectivity index (χ2n) is 9.70. The third-order valence-corrected chi connectivity index (χ3v) is 7.41. The number of anilines is 3. The second kappa shape index (κ2) is 9.12. The molecule has 0 spiro atoms. The Morgan fingerprint density at radius 1 is 0.925 bits per heavy atom. The molecular formula is C30H22N4O6. The van der Waals surface area contributed by atoms with Crippen molar-refractivity contribution in [1.82, 2.24) is 10.1 Å². The van der Waals surface area contributed by atoms with Crippen molar-refractivity contribution in [3.8, 4) is 11.3 Å². The molecule has 2 aliphatic rings. The number of fused-ring (bicyclic) bond motifs is 2. The standard InChI is InChI=1S/C30H22N4O6/c35-27-19-7-1-2-8-20(19)28-25-24(27)21(31-18-6-3-5-17(15-18)30(37)38)16-22(26(25)32-40-28)33-10-12-34(13-11-33)29(36)23-9-4-14-39-23/h1-9,14-16,31H,10-13H2,(H,37,38). The molecule has 198 valence electrons. The van der Waals surface area contributed by atoms with Crippen LogP contribution >= 0.6 is 0 Å². The predicted molar refractivity (Wildman–Crippen MR) is 146 cm³/mol. The Morgan fingerprint density at radius 3 is 2.48 bits per heavy atom. The minimum atomic E-state index is -1.05. The van der Waals surface area contributed by atoms with Gasteiger partial charge in [-0.25, -0.2) is 4.79 Å². The average Bonchev–Trinajstić information content (AvgIpc) is 3.68. The number of amides is 1. The third kappa shape index (κ3) is 3.72. The Morgan fingerprint density at radius 2 is 1.73 bits per heavy atom. The van der Waals surface area contributed by atoms with E-state index >= 15 is 0 Å². The Labute approximate surface area is 227 Å². The highest BCUT2D eigenvalue weighted by Crippen LogP contribution is 2.46. The van der Waals surface area contributed by atoms with Crippen molar-refractivity contribution >= 4 is 45.6 Å². The maximum Gasteiger partial charge on any atom is 0.335 e. The van der Waals surface area contributed by atoms with Crippen LogP contribution in [0.1, 0.15) is 36.8 Å². The van der Waals surface area contributed by atoms with Gasteiger partial charge >= 0.3 is 5.97 Å². The van der Waals surface area contributed by atoms with Gasteiger partial charge in [0.15, 0.2) is 17.3 Å². The molecule has 0 bridgehead atoms. The molecule has 1 aliphatic heterocycles. The summed E-state index contributed by atoms with van der Waals surface area (Å²) in [5, 5.41) is 17.8. The highest BCUT2D eigenvalue weighted by Gasteiger charge is 2.34. The number of ketones is 1. The molecule has 1 saturated heterocycles. The number of piperazine rings is 1. The second-order valence-corrected chi connectivity index (χ2v) is 9.70. The Balaban J connectivity index is 1.32. The monoisotopic (exact) mass is 534 g/mol. The summed E-state index contributed by atoms with van der Waals surface area (Å²) in [6, 6.07) is 18.9. The van der Waals surface area contributed by atoms with Crippen molar-refractivity contribution in [3.63, 3.8) is 0 Å². The summed E-state index contributed by atoms with van der Waals surface area (Å²) in [6.07, 6.45) is 1.48. The van der Waals surface area contributed by atoms with E-state index in [2.05, 4.69) is 15.4 Å². The fourth-order valence-electron chi connectivity index (χ4n) is 5.47. The van der Waals surface area contributed by atoms with Gasteiger partial charge < -0.3 is 29.2 Å². The minimum absolute atomic E-state index is 0.125. The van der Waals surface area contributed by atoms with E-state index < -0.39 is 5.97 Å². The first-order valence-corrected chi connectivity index (χ1v) is 12.8. The van der Waals surface area contributed by atoms with Gasteiger partial charge in [0, 0.05) is 43.0 Å². The lowest BCUT2D eigenvalue weighted by Gasteiger charge is -2.36. The lowest BCUT2D eigenvalue weighted by atomic mass is 9.86. The number of aromatic carboxylic acids is 1. The molecule has 1 fully saturated rings. The molecule has 1 aliphatic carbocycles. The van der Waals surface area contributed by atoms with E-state index in [0.717, 1.165) is 5.69 Å². The van der Waals surface area contributed by atoms with Gasteiger partial charge in [-0.15, -0.1) is 0 Å². The van der Waals surface area contributed by atoms with E-state index in [4.69, 9.17) is 8.94 Å². The van der Waals surface area contributed by atoms with Crippen LogP contribution in [0.3, 0.4) is 0 Å². The molecule has 0 unspecified atom stereocenters. The Kier molecular flexibility index (Phi) is 5.41. The Hall–Kier alpha value is -5.38. The third-order valence-electron chi connectivity index (χ3n) is 7.41. The summed E-state index contributed by atoms with van der Waals surface area (Å²) in [4.78, 5) is 42.1. The van der Waals surface area contributed by atoms with Crippen molar-refractivity contribution in [3.05, 3.63) is 95.4 Å². The quantitative estimate of drug-likeness (QED) is 0.313. The van der Waals surface area contributed by atoms with E-state index in [9.17, 15) is 19.5 Å². The minimum Gasteiger partial charge on any atom is -0.478 e. The summed E-state index contributed by atoms with van der Waals surface area (Å²) in [6.45, 7) is 2.00. The number of hydrogen-bond donors (Lipinski definition) is 2. The van der Waals surface area contributed by atoms with Crippen molar-refractivity contribution in [2.45, 2.75) is 0 Å². The molecule has 2 N–H and O–H groups in total. The molecule has 0 saturated carbocycles. The van der Waals surface area contributed by atoms with Gasteiger partial charge in [0.25, 0.3) is 5.91 Å². The molecule has 10 heteroatoms. The van der Waals surface area contributed by atoms with Gasteiger partial charge in [0.05, 0.1) is 34.2 Å². The number of carboxylic acid groups (broad SMARTS) is 1. The van der Waals surface area contributed by atoms with Crippen LogP contribution in [0.15, 0.2) is 81.9 Å². The first-order chi connectivity index (χ1) is 19.5. The van der Waals surface area contributed by atoms with Crippen LogP contribution in [0, 0.1) is 0 Å². The van der Waals surface area contributed by atoms with Gasteiger partial charge in [0.2, 0.25) is 0 Å².